The van der Waals surface area contributed by atoms with E-state index in [0.29, 0.717) is 45.2 Å². The highest BCUT2D eigenvalue weighted by atomic mass is 16.6. The first-order valence-electron chi connectivity index (χ1n) is 10.9. The molecule has 10 heteroatoms. The van der Waals surface area contributed by atoms with Gasteiger partial charge in [-0.3, -0.25) is 0 Å². The van der Waals surface area contributed by atoms with Gasteiger partial charge in [-0.1, -0.05) is 39.7 Å². The summed E-state index contributed by atoms with van der Waals surface area (Å²) in [5, 5.41) is 0. The molecule has 200 valence electrons. The zero-order valence-electron chi connectivity index (χ0n) is 21.4. The van der Waals surface area contributed by atoms with E-state index in [1.165, 1.54) is 6.08 Å². The standard InChI is InChI=1S/C7H10O3.C7H12O2.C6H10O3.C5H8O2/c1-5(2)7(8)10-4-6-3-9-6;1-3-5-6-9-7(8)4-2;1-3-6(7)9-5-4-8-2;1-3-5(6)7-4-2/h6H,1,3-4H2,2H3;4H,2-3,5-6H2,1H3;3H,1,4-5H2,2H3;3H,1,4H2,2H3. The fourth-order valence-electron chi connectivity index (χ4n) is 1.32. The van der Waals surface area contributed by atoms with Crippen LogP contribution in [-0.4, -0.2) is 76.7 Å². The average molecular weight is 501 g/mol. The topological polar surface area (TPSA) is 127 Å². The Morgan fingerprint density at radius 2 is 1.34 bits per heavy atom. The molecule has 1 aliphatic heterocycles. The first-order chi connectivity index (χ1) is 16.6. The summed E-state index contributed by atoms with van der Waals surface area (Å²) in [6, 6.07) is 0. The number of rotatable bonds is 13. The second-order valence-corrected chi connectivity index (χ2v) is 6.38. The third kappa shape index (κ3) is 33.0. The normalized spacial score (nSPS) is 12.2. The lowest BCUT2D eigenvalue weighted by Gasteiger charge is -1.99. The van der Waals surface area contributed by atoms with Crippen LogP contribution in [-0.2, 0) is 47.6 Å². The lowest BCUT2D eigenvalue weighted by molar-refractivity contribution is -0.140. The minimum atomic E-state index is -0.410. The summed E-state index contributed by atoms with van der Waals surface area (Å²) in [5.74, 6) is -1.44. The summed E-state index contributed by atoms with van der Waals surface area (Å²) in [6.07, 6.45) is 5.56. The van der Waals surface area contributed by atoms with Crippen molar-refractivity contribution in [3.63, 3.8) is 0 Å². The minimum Gasteiger partial charge on any atom is -0.463 e. The molecule has 1 heterocycles. The molecule has 1 rings (SSSR count). The van der Waals surface area contributed by atoms with Crippen molar-refractivity contribution in [2.24, 2.45) is 0 Å². The molecule has 0 saturated carbocycles. The number of esters is 4. The smallest absolute Gasteiger partial charge is 0.333 e. The Morgan fingerprint density at radius 3 is 1.69 bits per heavy atom. The van der Waals surface area contributed by atoms with Gasteiger partial charge in [-0.2, -0.15) is 0 Å². The largest absolute Gasteiger partial charge is 0.463 e. The third-order valence-electron chi connectivity index (χ3n) is 3.21. The van der Waals surface area contributed by atoms with Crippen LogP contribution in [0.4, 0.5) is 0 Å². The second kappa shape index (κ2) is 27.0. The number of ether oxygens (including phenoxy) is 6. The van der Waals surface area contributed by atoms with Crippen LogP contribution in [0.15, 0.2) is 50.1 Å². The molecule has 10 nitrogen and oxygen atoms in total. The predicted octanol–water partition coefficient (Wildman–Crippen LogP) is 3.12. The molecule has 1 aliphatic rings. The SMILES string of the molecule is C=C(C)C(=O)OCC1CO1.C=CC(=O)OCC.C=CC(=O)OCCCC.C=CC(=O)OCCOC. The van der Waals surface area contributed by atoms with Gasteiger partial charge >= 0.3 is 23.9 Å². The first-order valence-corrected chi connectivity index (χ1v) is 10.9. The highest BCUT2D eigenvalue weighted by Gasteiger charge is 2.24. The van der Waals surface area contributed by atoms with Crippen molar-refractivity contribution in [1.29, 1.82) is 0 Å². The van der Waals surface area contributed by atoms with Crippen molar-refractivity contribution in [3.8, 4) is 0 Å². The molecular weight excluding hydrogens is 460 g/mol. The molecule has 0 aromatic heterocycles. The van der Waals surface area contributed by atoms with Gasteiger partial charge in [0, 0.05) is 30.9 Å². The molecule has 0 aromatic carbocycles. The molecule has 0 aliphatic carbocycles. The zero-order valence-corrected chi connectivity index (χ0v) is 21.4. The third-order valence-corrected chi connectivity index (χ3v) is 3.21. The van der Waals surface area contributed by atoms with E-state index in [2.05, 4.69) is 45.3 Å². The van der Waals surface area contributed by atoms with Crippen LogP contribution >= 0.6 is 0 Å². The van der Waals surface area contributed by atoms with Gasteiger partial charge in [-0.15, -0.1) is 0 Å². The van der Waals surface area contributed by atoms with Crippen LogP contribution in [0, 0.1) is 0 Å². The molecule has 35 heavy (non-hydrogen) atoms. The Balaban J connectivity index is -0.000000393. The number of epoxide rings is 1. The molecule has 0 spiro atoms. The molecule has 1 saturated heterocycles. The Morgan fingerprint density at radius 1 is 0.857 bits per heavy atom. The van der Waals surface area contributed by atoms with E-state index in [9.17, 15) is 19.2 Å². The highest BCUT2D eigenvalue weighted by Crippen LogP contribution is 2.09. The van der Waals surface area contributed by atoms with Gasteiger partial charge in [0.15, 0.2) is 0 Å². The van der Waals surface area contributed by atoms with E-state index >= 15 is 0 Å². The van der Waals surface area contributed by atoms with Crippen molar-refractivity contribution < 1.29 is 47.6 Å². The predicted molar refractivity (Wildman–Crippen MR) is 131 cm³/mol. The lowest BCUT2D eigenvalue weighted by atomic mass is 10.4. The summed E-state index contributed by atoms with van der Waals surface area (Å²) in [5.41, 5.74) is 0.431. The van der Waals surface area contributed by atoms with Crippen molar-refractivity contribution in [2.45, 2.75) is 39.7 Å². The molecule has 1 atom stereocenters. The molecule has 0 aromatic rings. The molecule has 1 unspecified atom stereocenters. The van der Waals surface area contributed by atoms with E-state index in [-0.39, 0.29) is 24.0 Å². The van der Waals surface area contributed by atoms with Crippen LogP contribution in [0.25, 0.3) is 0 Å². The summed E-state index contributed by atoms with van der Waals surface area (Å²) in [7, 11) is 1.54. The fourth-order valence-corrected chi connectivity index (χ4v) is 1.32. The van der Waals surface area contributed by atoms with Crippen LogP contribution < -0.4 is 0 Å². The summed E-state index contributed by atoms with van der Waals surface area (Å²) in [6.45, 7) is 21.3. The fraction of sp³-hybridized carbons (Fsp3) is 0.520. The van der Waals surface area contributed by atoms with E-state index in [1.807, 2.05) is 6.92 Å². The van der Waals surface area contributed by atoms with Crippen LogP contribution in [0.2, 0.25) is 0 Å². The van der Waals surface area contributed by atoms with Gasteiger partial charge in [0.05, 0.1) is 26.4 Å². The Labute approximate surface area is 208 Å². The second-order valence-electron chi connectivity index (χ2n) is 6.38. The van der Waals surface area contributed by atoms with Crippen LogP contribution in [0.5, 0.6) is 0 Å². The maximum Gasteiger partial charge on any atom is 0.333 e. The number of unbranched alkanes of at least 4 members (excludes halogenated alkanes) is 1. The number of methoxy groups -OCH3 is 1. The van der Waals surface area contributed by atoms with Gasteiger partial charge < -0.3 is 28.4 Å². The molecule has 0 radical (unpaired) electrons. The quantitative estimate of drug-likeness (QED) is 0.122. The van der Waals surface area contributed by atoms with Crippen LogP contribution in [0.1, 0.15) is 33.6 Å². The van der Waals surface area contributed by atoms with E-state index in [1.54, 1.807) is 21.0 Å². The van der Waals surface area contributed by atoms with Crippen molar-refractivity contribution in [2.75, 3.05) is 46.8 Å². The minimum absolute atomic E-state index is 0.142. The maximum atomic E-state index is 10.7. The molecule has 1 fully saturated rings. The summed E-state index contributed by atoms with van der Waals surface area (Å²) in [4.78, 5) is 41.4. The average Bonchev–Trinajstić information content (AvgIpc) is 3.68. The summed E-state index contributed by atoms with van der Waals surface area (Å²) < 4.78 is 27.9. The zero-order chi connectivity index (χ0) is 27.5. The molecular formula is C25H40O10. The Bertz CT molecular complexity index is 625. The summed E-state index contributed by atoms with van der Waals surface area (Å²) >= 11 is 0. The monoisotopic (exact) mass is 500 g/mol. The van der Waals surface area contributed by atoms with Gasteiger partial charge in [0.25, 0.3) is 0 Å². The molecule has 0 bridgehead atoms. The number of carbonyl (C=O) groups is 4. The van der Waals surface area contributed by atoms with Gasteiger partial charge in [-0.05, 0) is 20.3 Å². The van der Waals surface area contributed by atoms with E-state index in [0.717, 1.165) is 25.0 Å². The van der Waals surface area contributed by atoms with Crippen molar-refractivity contribution in [3.05, 3.63) is 50.1 Å². The van der Waals surface area contributed by atoms with E-state index < -0.39 is 5.97 Å². The number of hydrogen-bond donors (Lipinski definition) is 0. The Hall–Kier alpha value is -3.24. The molecule has 0 N–H and O–H groups in total. The highest BCUT2D eigenvalue weighted by molar-refractivity contribution is 5.87. The van der Waals surface area contributed by atoms with Crippen molar-refractivity contribution in [1.82, 2.24) is 0 Å². The lowest BCUT2D eigenvalue weighted by Crippen LogP contribution is -2.09. The molecule has 0 amide bonds. The van der Waals surface area contributed by atoms with E-state index in [4.69, 9.17) is 9.47 Å². The van der Waals surface area contributed by atoms with Gasteiger partial charge in [0.1, 0.15) is 19.3 Å². The number of hydrogen-bond acceptors (Lipinski definition) is 10. The van der Waals surface area contributed by atoms with Gasteiger partial charge in [-0.25, -0.2) is 19.2 Å². The first kappa shape index (κ1) is 36.3. The maximum absolute atomic E-state index is 10.7. The Kier molecular flexibility index (Phi) is 28.0. The van der Waals surface area contributed by atoms with Gasteiger partial charge in [0.2, 0.25) is 0 Å². The van der Waals surface area contributed by atoms with Crippen molar-refractivity contribution >= 4 is 23.9 Å². The number of carbonyl (C=O) groups excluding carboxylic acids is 4. The van der Waals surface area contributed by atoms with Crippen LogP contribution in [0.3, 0.4) is 0 Å².